The lowest BCUT2D eigenvalue weighted by molar-refractivity contribution is 0.147. The van der Waals surface area contributed by atoms with Crippen LogP contribution in [0.5, 0.6) is 0 Å². The third kappa shape index (κ3) is 4.73. The molecule has 1 aromatic heterocycles. The van der Waals surface area contributed by atoms with Gasteiger partial charge in [-0.3, -0.25) is 5.32 Å². The highest BCUT2D eigenvalue weighted by atomic mass is 79.9. The van der Waals surface area contributed by atoms with E-state index in [-0.39, 0.29) is 0 Å². The van der Waals surface area contributed by atoms with Gasteiger partial charge in [-0.1, -0.05) is 13.8 Å². The van der Waals surface area contributed by atoms with Gasteiger partial charge in [0, 0.05) is 0 Å². The van der Waals surface area contributed by atoms with Crippen molar-refractivity contribution in [3.8, 4) is 0 Å². The van der Waals surface area contributed by atoms with Gasteiger partial charge in [-0.2, -0.15) is 0 Å². The van der Waals surface area contributed by atoms with E-state index in [9.17, 15) is 4.79 Å². The zero-order valence-electron chi connectivity index (χ0n) is 8.53. The molecule has 82 valence electrons. The van der Waals surface area contributed by atoms with E-state index in [1.165, 1.54) is 12.4 Å². The van der Waals surface area contributed by atoms with Crippen molar-refractivity contribution in [1.82, 2.24) is 9.97 Å². The number of rotatable bonds is 3. The molecule has 0 radical (unpaired) electrons. The molecule has 0 aliphatic carbocycles. The Morgan fingerprint density at radius 2 is 2.27 bits per heavy atom. The Morgan fingerprint density at radius 1 is 1.53 bits per heavy atom. The molecule has 1 amide bonds. The van der Waals surface area contributed by atoms with Crippen LogP contribution in [0.3, 0.4) is 0 Å². The first-order valence-corrected chi connectivity index (χ1v) is 5.28. The standard InChI is InChI=1S/C9H12BrN3O2/c1-6(2)5-15-9(14)13-8-4-11-7(10)3-12-8/h3-4,6H,5H2,1-2H3,(H,12,13,14). The third-order valence-electron chi connectivity index (χ3n) is 1.40. The lowest BCUT2D eigenvalue weighted by atomic mass is 10.2. The molecule has 0 aliphatic heterocycles. The van der Waals surface area contributed by atoms with Crippen LogP contribution >= 0.6 is 15.9 Å². The second-order valence-electron chi connectivity index (χ2n) is 3.34. The Bertz CT molecular complexity index is 327. The van der Waals surface area contributed by atoms with Gasteiger partial charge in [-0.25, -0.2) is 14.8 Å². The van der Waals surface area contributed by atoms with E-state index in [4.69, 9.17) is 4.74 Å². The largest absolute Gasteiger partial charge is 0.449 e. The molecule has 1 aromatic rings. The minimum Gasteiger partial charge on any atom is -0.449 e. The maximum absolute atomic E-state index is 11.2. The van der Waals surface area contributed by atoms with Crippen LogP contribution in [0, 0.1) is 5.92 Å². The van der Waals surface area contributed by atoms with Gasteiger partial charge in [0.25, 0.3) is 0 Å². The van der Waals surface area contributed by atoms with Gasteiger partial charge < -0.3 is 4.74 Å². The van der Waals surface area contributed by atoms with Crippen LogP contribution in [0.15, 0.2) is 17.0 Å². The maximum Gasteiger partial charge on any atom is 0.412 e. The molecule has 0 fully saturated rings. The fourth-order valence-corrected chi connectivity index (χ4v) is 0.965. The molecule has 0 atom stereocenters. The van der Waals surface area contributed by atoms with Gasteiger partial charge in [0.05, 0.1) is 19.0 Å². The summed E-state index contributed by atoms with van der Waals surface area (Å²) in [5.41, 5.74) is 0. The summed E-state index contributed by atoms with van der Waals surface area (Å²) in [6.07, 6.45) is 2.43. The number of halogens is 1. The Morgan fingerprint density at radius 3 is 2.80 bits per heavy atom. The summed E-state index contributed by atoms with van der Waals surface area (Å²) in [5, 5.41) is 2.47. The average molecular weight is 274 g/mol. The van der Waals surface area contributed by atoms with Crippen molar-refractivity contribution < 1.29 is 9.53 Å². The van der Waals surface area contributed by atoms with Crippen LogP contribution in [0.25, 0.3) is 0 Å². The Kier molecular flexibility index (Phi) is 4.48. The van der Waals surface area contributed by atoms with Gasteiger partial charge >= 0.3 is 6.09 Å². The summed E-state index contributed by atoms with van der Waals surface area (Å²) in [6, 6.07) is 0. The van der Waals surface area contributed by atoms with E-state index >= 15 is 0 Å². The number of nitrogens with zero attached hydrogens (tertiary/aromatic N) is 2. The van der Waals surface area contributed by atoms with E-state index in [2.05, 4.69) is 31.2 Å². The number of aromatic nitrogens is 2. The van der Waals surface area contributed by atoms with E-state index in [0.717, 1.165) is 0 Å². The molecular weight excluding hydrogens is 262 g/mol. The lowest BCUT2D eigenvalue weighted by Gasteiger charge is -2.07. The monoisotopic (exact) mass is 273 g/mol. The number of amides is 1. The van der Waals surface area contributed by atoms with E-state index in [0.29, 0.717) is 22.9 Å². The molecule has 0 spiro atoms. The van der Waals surface area contributed by atoms with Gasteiger partial charge in [0.1, 0.15) is 4.60 Å². The maximum atomic E-state index is 11.2. The molecule has 6 heteroatoms. The Balaban J connectivity index is 2.41. The zero-order valence-corrected chi connectivity index (χ0v) is 10.1. The first kappa shape index (κ1) is 11.9. The van der Waals surface area contributed by atoms with Gasteiger partial charge in [-0.15, -0.1) is 0 Å². The van der Waals surface area contributed by atoms with Crippen molar-refractivity contribution in [2.24, 2.45) is 5.92 Å². The highest BCUT2D eigenvalue weighted by Gasteiger charge is 2.05. The minimum absolute atomic E-state index is 0.312. The van der Waals surface area contributed by atoms with Crippen LogP contribution in [-0.2, 0) is 4.74 Å². The predicted molar refractivity (Wildman–Crippen MR) is 59.5 cm³/mol. The molecule has 1 heterocycles. The SMILES string of the molecule is CC(C)COC(=O)Nc1cnc(Br)cn1. The van der Waals surface area contributed by atoms with Crippen molar-refractivity contribution in [3.63, 3.8) is 0 Å². The van der Waals surface area contributed by atoms with Gasteiger partial charge in [0.2, 0.25) is 0 Å². The van der Waals surface area contributed by atoms with Crippen molar-refractivity contribution in [2.45, 2.75) is 13.8 Å². The fourth-order valence-electron chi connectivity index (χ4n) is 0.760. The number of ether oxygens (including phenoxy) is 1. The molecular formula is C9H12BrN3O2. The van der Waals surface area contributed by atoms with Crippen molar-refractivity contribution in [2.75, 3.05) is 11.9 Å². The average Bonchev–Trinajstić information content (AvgIpc) is 2.19. The smallest absolute Gasteiger partial charge is 0.412 e. The number of carbonyl (C=O) groups is 1. The van der Waals surface area contributed by atoms with E-state index < -0.39 is 6.09 Å². The molecule has 0 unspecified atom stereocenters. The summed E-state index contributed by atoms with van der Waals surface area (Å²) in [6.45, 7) is 4.31. The number of nitrogens with one attached hydrogen (secondary N) is 1. The van der Waals surface area contributed by atoms with Crippen LogP contribution in [-0.4, -0.2) is 22.7 Å². The highest BCUT2D eigenvalue weighted by Crippen LogP contribution is 2.06. The molecule has 0 aliphatic rings. The second-order valence-corrected chi connectivity index (χ2v) is 4.15. The van der Waals surface area contributed by atoms with Crippen LogP contribution in [0.1, 0.15) is 13.8 Å². The van der Waals surface area contributed by atoms with Crippen molar-refractivity contribution in [1.29, 1.82) is 0 Å². The van der Waals surface area contributed by atoms with E-state index in [1.54, 1.807) is 0 Å². The summed E-state index contributed by atoms with van der Waals surface area (Å²) < 4.78 is 5.52. The first-order valence-electron chi connectivity index (χ1n) is 4.49. The summed E-state index contributed by atoms with van der Waals surface area (Å²) >= 11 is 3.14. The molecule has 5 nitrogen and oxygen atoms in total. The normalized spacial score (nSPS) is 10.1. The number of hydrogen-bond acceptors (Lipinski definition) is 4. The second kappa shape index (κ2) is 5.65. The van der Waals surface area contributed by atoms with Crippen molar-refractivity contribution in [3.05, 3.63) is 17.0 Å². The number of hydrogen-bond donors (Lipinski definition) is 1. The quantitative estimate of drug-likeness (QED) is 0.919. The van der Waals surface area contributed by atoms with Crippen LogP contribution in [0.2, 0.25) is 0 Å². The first-order chi connectivity index (χ1) is 7.08. The molecule has 0 bridgehead atoms. The summed E-state index contributed by atoms with van der Waals surface area (Å²) in [4.78, 5) is 19.0. The predicted octanol–water partition coefficient (Wildman–Crippen LogP) is 2.44. The fraction of sp³-hybridized carbons (Fsp3) is 0.444. The summed E-state index contributed by atoms with van der Waals surface area (Å²) in [7, 11) is 0. The van der Waals surface area contributed by atoms with Gasteiger partial charge in [-0.05, 0) is 21.8 Å². The number of carbonyl (C=O) groups excluding carboxylic acids is 1. The van der Waals surface area contributed by atoms with E-state index in [1.807, 2.05) is 13.8 Å². The number of anilines is 1. The Labute approximate surface area is 96.4 Å². The highest BCUT2D eigenvalue weighted by molar-refractivity contribution is 9.10. The summed E-state index contributed by atoms with van der Waals surface area (Å²) in [5.74, 6) is 0.679. The van der Waals surface area contributed by atoms with Crippen LogP contribution in [0.4, 0.5) is 10.6 Å². The zero-order chi connectivity index (χ0) is 11.3. The molecule has 0 saturated carbocycles. The molecule has 1 N–H and O–H groups in total. The topological polar surface area (TPSA) is 64.1 Å². The lowest BCUT2D eigenvalue weighted by Crippen LogP contribution is -2.17. The minimum atomic E-state index is -0.514. The third-order valence-corrected chi connectivity index (χ3v) is 1.81. The van der Waals surface area contributed by atoms with Crippen molar-refractivity contribution >= 4 is 27.8 Å². The van der Waals surface area contributed by atoms with Gasteiger partial charge in [0.15, 0.2) is 5.82 Å². The van der Waals surface area contributed by atoms with Crippen LogP contribution < -0.4 is 5.32 Å². The Hall–Kier alpha value is -1.17. The molecule has 0 saturated heterocycles. The molecule has 1 rings (SSSR count). The molecule has 15 heavy (non-hydrogen) atoms. The molecule has 0 aromatic carbocycles.